The molecule has 0 amide bonds. The van der Waals surface area contributed by atoms with Gasteiger partial charge in [-0.3, -0.25) is 9.88 Å². The number of hydrogen-bond acceptors (Lipinski definition) is 2. The maximum absolute atomic E-state index is 4.37. The first-order valence-electron chi connectivity index (χ1n) is 7.00. The molecule has 1 aliphatic heterocycles. The number of aromatic nitrogens is 1. The molecule has 0 saturated carbocycles. The van der Waals surface area contributed by atoms with E-state index in [2.05, 4.69) is 28.9 Å². The monoisotopic (exact) mass is 234 g/mol. The SMILES string of the molecule is CC.CCC1CCN(Cc2ccccn2)CC1. The van der Waals surface area contributed by atoms with Gasteiger partial charge in [0.05, 0.1) is 5.69 Å². The second kappa shape index (κ2) is 8.24. The number of piperidine rings is 1. The van der Waals surface area contributed by atoms with Crippen LogP contribution in [0.1, 0.15) is 45.7 Å². The van der Waals surface area contributed by atoms with Crippen molar-refractivity contribution in [3.8, 4) is 0 Å². The maximum Gasteiger partial charge on any atom is 0.0543 e. The Morgan fingerprint density at radius 1 is 1.24 bits per heavy atom. The van der Waals surface area contributed by atoms with Gasteiger partial charge in [-0.1, -0.05) is 33.3 Å². The van der Waals surface area contributed by atoms with Gasteiger partial charge in [0.25, 0.3) is 0 Å². The minimum absolute atomic E-state index is 0.963. The summed E-state index contributed by atoms with van der Waals surface area (Å²) in [4.78, 5) is 6.89. The summed E-state index contributed by atoms with van der Waals surface area (Å²) in [5.41, 5.74) is 1.20. The zero-order valence-corrected chi connectivity index (χ0v) is 11.5. The molecule has 1 aliphatic rings. The van der Waals surface area contributed by atoms with Crippen LogP contribution in [0.2, 0.25) is 0 Å². The molecule has 17 heavy (non-hydrogen) atoms. The first kappa shape index (κ1) is 14.2. The van der Waals surface area contributed by atoms with E-state index in [0.717, 1.165) is 12.5 Å². The van der Waals surface area contributed by atoms with E-state index in [9.17, 15) is 0 Å². The van der Waals surface area contributed by atoms with Crippen molar-refractivity contribution in [2.24, 2.45) is 5.92 Å². The van der Waals surface area contributed by atoms with Gasteiger partial charge in [0.15, 0.2) is 0 Å². The van der Waals surface area contributed by atoms with E-state index < -0.39 is 0 Å². The van der Waals surface area contributed by atoms with E-state index in [1.807, 2.05) is 26.1 Å². The quantitative estimate of drug-likeness (QED) is 0.792. The molecule has 1 fully saturated rings. The lowest BCUT2D eigenvalue weighted by Gasteiger charge is -2.31. The van der Waals surface area contributed by atoms with Gasteiger partial charge in [0.2, 0.25) is 0 Å². The molecule has 1 aromatic heterocycles. The normalized spacial score (nSPS) is 17.4. The first-order valence-corrected chi connectivity index (χ1v) is 7.00. The van der Waals surface area contributed by atoms with Crippen molar-refractivity contribution in [2.45, 2.75) is 46.6 Å². The number of pyridine rings is 1. The smallest absolute Gasteiger partial charge is 0.0543 e. The van der Waals surface area contributed by atoms with Gasteiger partial charge >= 0.3 is 0 Å². The van der Waals surface area contributed by atoms with Crippen LogP contribution < -0.4 is 0 Å². The van der Waals surface area contributed by atoms with Gasteiger partial charge in [0, 0.05) is 12.7 Å². The fourth-order valence-corrected chi connectivity index (χ4v) is 2.27. The zero-order chi connectivity index (χ0) is 12.5. The molecule has 2 nitrogen and oxygen atoms in total. The molecule has 0 aromatic carbocycles. The van der Waals surface area contributed by atoms with Crippen LogP contribution in [0.5, 0.6) is 0 Å². The molecule has 1 aromatic rings. The van der Waals surface area contributed by atoms with Gasteiger partial charge in [-0.2, -0.15) is 0 Å². The van der Waals surface area contributed by atoms with Crippen molar-refractivity contribution in [1.82, 2.24) is 9.88 Å². The maximum atomic E-state index is 4.37. The van der Waals surface area contributed by atoms with Crippen LogP contribution in [0, 0.1) is 5.92 Å². The second-order valence-electron chi connectivity index (χ2n) is 4.45. The fourth-order valence-electron chi connectivity index (χ4n) is 2.27. The van der Waals surface area contributed by atoms with Crippen LogP contribution >= 0.6 is 0 Å². The molecule has 2 heteroatoms. The van der Waals surface area contributed by atoms with Crippen LogP contribution in [0.4, 0.5) is 0 Å². The van der Waals surface area contributed by atoms with E-state index in [1.54, 1.807) is 0 Å². The highest BCUT2D eigenvalue weighted by atomic mass is 15.1. The Morgan fingerprint density at radius 3 is 2.47 bits per heavy atom. The molecule has 2 heterocycles. The average Bonchev–Trinajstić information content (AvgIpc) is 2.43. The highest BCUT2D eigenvalue weighted by molar-refractivity contribution is 5.03. The number of likely N-dealkylation sites (tertiary alicyclic amines) is 1. The molecular weight excluding hydrogens is 208 g/mol. The Kier molecular flexibility index (Phi) is 6.87. The van der Waals surface area contributed by atoms with Crippen molar-refractivity contribution >= 4 is 0 Å². The van der Waals surface area contributed by atoms with Gasteiger partial charge in [0.1, 0.15) is 0 Å². The lowest BCUT2D eigenvalue weighted by molar-refractivity contribution is 0.173. The van der Waals surface area contributed by atoms with Gasteiger partial charge in [-0.15, -0.1) is 0 Å². The second-order valence-corrected chi connectivity index (χ2v) is 4.45. The predicted octanol–water partition coefficient (Wildman–Crippen LogP) is 3.73. The molecular formula is C15H26N2. The van der Waals surface area contributed by atoms with E-state index in [4.69, 9.17) is 0 Å². The third-order valence-electron chi connectivity index (χ3n) is 3.40. The molecule has 2 rings (SSSR count). The van der Waals surface area contributed by atoms with Crippen molar-refractivity contribution in [3.05, 3.63) is 30.1 Å². The summed E-state index contributed by atoms with van der Waals surface area (Å²) in [6, 6.07) is 6.17. The summed E-state index contributed by atoms with van der Waals surface area (Å²) in [5, 5.41) is 0. The van der Waals surface area contributed by atoms with E-state index in [1.165, 1.54) is 38.0 Å². The minimum Gasteiger partial charge on any atom is -0.297 e. The highest BCUT2D eigenvalue weighted by Gasteiger charge is 2.17. The third-order valence-corrected chi connectivity index (χ3v) is 3.40. The van der Waals surface area contributed by atoms with Gasteiger partial charge in [-0.25, -0.2) is 0 Å². The zero-order valence-electron chi connectivity index (χ0n) is 11.5. The predicted molar refractivity (Wildman–Crippen MR) is 73.9 cm³/mol. The summed E-state index contributed by atoms with van der Waals surface area (Å²) < 4.78 is 0. The average molecular weight is 234 g/mol. The van der Waals surface area contributed by atoms with Crippen molar-refractivity contribution in [3.63, 3.8) is 0 Å². The van der Waals surface area contributed by atoms with Gasteiger partial charge in [-0.05, 0) is 44.0 Å². The third kappa shape index (κ3) is 4.86. The Labute approximate surface area is 106 Å². The Morgan fingerprint density at radius 2 is 1.94 bits per heavy atom. The lowest BCUT2D eigenvalue weighted by atomic mass is 9.94. The molecule has 0 atom stereocenters. The number of rotatable bonds is 3. The molecule has 96 valence electrons. The molecule has 1 saturated heterocycles. The van der Waals surface area contributed by atoms with Crippen LogP contribution in [0.25, 0.3) is 0 Å². The fraction of sp³-hybridized carbons (Fsp3) is 0.667. The highest BCUT2D eigenvalue weighted by Crippen LogP contribution is 2.20. The molecule has 0 aliphatic carbocycles. The van der Waals surface area contributed by atoms with Crippen LogP contribution in [0.3, 0.4) is 0 Å². The molecule has 0 N–H and O–H groups in total. The van der Waals surface area contributed by atoms with Crippen LogP contribution in [-0.4, -0.2) is 23.0 Å². The summed E-state index contributed by atoms with van der Waals surface area (Å²) in [5.74, 6) is 0.963. The Balaban J connectivity index is 0.000000686. The van der Waals surface area contributed by atoms with Crippen molar-refractivity contribution in [2.75, 3.05) is 13.1 Å². The first-order chi connectivity index (χ1) is 8.38. The standard InChI is InChI=1S/C13H20N2.C2H6/c1-2-12-6-9-15(10-7-12)11-13-5-3-4-8-14-13;1-2/h3-5,8,12H,2,6-7,9-11H2,1H3;1-2H3. The van der Waals surface area contributed by atoms with E-state index >= 15 is 0 Å². The van der Waals surface area contributed by atoms with Crippen LogP contribution in [-0.2, 0) is 6.54 Å². The lowest BCUT2D eigenvalue weighted by Crippen LogP contribution is -2.33. The molecule has 0 bridgehead atoms. The van der Waals surface area contributed by atoms with Crippen molar-refractivity contribution in [1.29, 1.82) is 0 Å². The summed E-state index contributed by atoms with van der Waals surface area (Å²) in [6.45, 7) is 9.82. The molecule has 0 spiro atoms. The molecule has 0 radical (unpaired) electrons. The number of nitrogens with zero attached hydrogens (tertiary/aromatic N) is 2. The topological polar surface area (TPSA) is 16.1 Å². The Bertz CT molecular complexity index is 276. The van der Waals surface area contributed by atoms with E-state index in [0.29, 0.717) is 0 Å². The summed E-state index contributed by atoms with van der Waals surface area (Å²) in [6.07, 6.45) is 5.96. The van der Waals surface area contributed by atoms with Crippen molar-refractivity contribution < 1.29 is 0 Å². The van der Waals surface area contributed by atoms with Crippen LogP contribution in [0.15, 0.2) is 24.4 Å². The number of hydrogen-bond donors (Lipinski definition) is 0. The minimum atomic E-state index is 0.963. The van der Waals surface area contributed by atoms with Gasteiger partial charge < -0.3 is 0 Å². The Hall–Kier alpha value is -0.890. The van der Waals surface area contributed by atoms with E-state index in [-0.39, 0.29) is 0 Å². The molecule has 0 unspecified atom stereocenters. The summed E-state index contributed by atoms with van der Waals surface area (Å²) >= 11 is 0. The largest absolute Gasteiger partial charge is 0.297 e. The summed E-state index contributed by atoms with van der Waals surface area (Å²) in [7, 11) is 0.